The Morgan fingerprint density at radius 1 is 1.42 bits per heavy atom. The Labute approximate surface area is 143 Å². The van der Waals surface area contributed by atoms with Crippen molar-refractivity contribution < 1.29 is 9.53 Å². The molecule has 1 N–H and O–H groups in total. The number of ether oxygens (including phenoxy) is 1. The molecule has 1 amide bonds. The number of nitrogens with one attached hydrogen (secondary N) is 1. The molecule has 3 rings (SSSR count). The van der Waals surface area contributed by atoms with Crippen LogP contribution in [0.4, 0.5) is 0 Å². The second-order valence-corrected chi connectivity index (χ2v) is 7.21. The highest BCUT2D eigenvalue weighted by molar-refractivity contribution is 5.81. The molecule has 1 aliphatic heterocycles. The molecule has 4 atom stereocenters. The number of carbonyl (C=O) groups is 1. The quantitative estimate of drug-likeness (QED) is 0.897. The second-order valence-electron chi connectivity index (χ2n) is 7.21. The predicted octanol–water partition coefficient (Wildman–Crippen LogP) is 1.27. The molecule has 0 spiro atoms. The highest BCUT2D eigenvalue weighted by Gasteiger charge is 2.32. The molecule has 7 nitrogen and oxygen atoms in total. The van der Waals surface area contributed by atoms with Crippen molar-refractivity contribution in [3.63, 3.8) is 0 Å². The Bertz CT molecular complexity index is 561. The SMILES string of the molecule is C[C@@H]1CCCC[C@@H]1NC(=O)[C@H](C)N1CCO[C@@H](c2nncn2C)C1. The minimum absolute atomic E-state index is 0.130. The van der Waals surface area contributed by atoms with Gasteiger partial charge in [-0.2, -0.15) is 0 Å². The summed E-state index contributed by atoms with van der Waals surface area (Å²) >= 11 is 0. The van der Waals surface area contributed by atoms with E-state index in [4.69, 9.17) is 4.74 Å². The molecule has 1 aliphatic carbocycles. The number of carbonyl (C=O) groups excluding carboxylic acids is 1. The summed E-state index contributed by atoms with van der Waals surface area (Å²) in [6, 6.07) is 0.169. The number of hydrogen-bond donors (Lipinski definition) is 1. The summed E-state index contributed by atoms with van der Waals surface area (Å²) in [7, 11) is 1.91. The van der Waals surface area contributed by atoms with Gasteiger partial charge in [0.2, 0.25) is 5.91 Å². The lowest BCUT2D eigenvalue weighted by molar-refractivity contribution is -0.130. The van der Waals surface area contributed by atoms with Crippen molar-refractivity contribution in [3.05, 3.63) is 12.2 Å². The van der Waals surface area contributed by atoms with Gasteiger partial charge in [0.05, 0.1) is 12.6 Å². The molecule has 0 aromatic carbocycles. The van der Waals surface area contributed by atoms with Crippen LogP contribution >= 0.6 is 0 Å². The first-order valence-corrected chi connectivity index (χ1v) is 9.06. The minimum Gasteiger partial charge on any atom is -0.368 e. The largest absolute Gasteiger partial charge is 0.368 e. The monoisotopic (exact) mass is 335 g/mol. The first-order chi connectivity index (χ1) is 11.6. The summed E-state index contributed by atoms with van der Waals surface area (Å²) in [5, 5.41) is 11.3. The number of hydrogen-bond acceptors (Lipinski definition) is 5. The van der Waals surface area contributed by atoms with E-state index in [9.17, 15) is 4.79 Å². The van der Waals surface area contributed by atoms with Crippen LogP contribution in [-0.4, -0.2) is 57.4 Å². The third-order valence-electron chi connectivity index (χ3n) is 5.50. The van der Waals surface area contributed by atoms with Gasteiger partial charge in [-0.05, 0) is 25.7 Å². The van der Waals surface area contributed by atoms with Gasteiger partial charge in [0, 0.05) is 26.2 Å². The molecule has 1 saturated heterocycles. The molecular weight excluding hydrogens is 306 g/mol. The Morgan fingerprint density at radius 2 is 2.21 bits per heavy atom. The molecule has 2 heterocycles. The second kappa shape index (κ2) is 7.61. The average molecular weight is 335 g/mol. The van der Waals surface area contributed by atoms with Gasteiger partial charge in [-0.3, -0.25) is 9.69 Å². The molecule has 7 heteroatoms. The molecule has 24 heavy (non-hydrogen) atoms. The van der Waals surface area contributed by atoms with E-state index in [0.29, 0.717) is 25.1 Å². The van der Waals surface area contributed by atoms with Crippen LogP contribution in [0.2, 0.25) is 0 Å². The Hall–Kier alpha value is -1.47. The van der Waals surface area contributed by atoms with Crippen molar-refractivity contribution in [1.29, 1.82) is 0 Å². The molecule has 0 unspecified atom stereocenters. The van der Waals surface area contributed by atoms with E-state index in [-0.39, 0.29) is 18.1 Å². The van der Waals surface area contributed by atoms with Crippen molar-refractivity contribution in [2.24, 2.45) is 13.0 Å². The van der Waals surface area contributed by atoms with E-state index < -0.39 is 0 Å². The van der Waals surface area contributed by atoms with Crippen LogP contribution < -0.4 is 5.32 Å². The maximum absolute atomic E-state index is 12.7. The zero-order chi connectivity index (χ0) is 17.1. The van der Waals surface area contributed by atoms with Crippen molar-refractivity contribution >= 4 is 5.91 Å². The molecule has 1 aromatic rings. The number of aromatic nitrogens is 3. The fourth-order valence-electron chi connectivity index (χ4n) is 3.76. The smallest absolute Gasteiger partial charge is 0.237 e. The highest BCUT2D eigenvalue weighted by atomic mass is 16.5. The molecule has 2 aliphatic rings. The lowest BCUT2D eigenvalue weighted by Crippen LogP contribution is -2.53. The number of nitrogens with zero attached hydrogens (tertiary/aromatic N) is 4. The van der Waals surface area contributed by atoms with Gasteiger partial charge in [-0.25, -0.2) is 0 Å². The van der Waals surface area contributed by atoms with Gasteiger partial charge < -0.3 is 14.6 Å². The van der Waals surface area contributed by atoms with Gasteiger partial charge in [0.25, 0.3) is 0 Å². The van der Waals surface area contributed by atoms with Crippen LogP contribution in [0.25, 0.3) is 0 Å². The number of aryl methyl sites for hydroxylation is 1. The Morgan fingerprint density at radius 3 is 2.92 bits per heavy atom. The molecule has 1 saturated carbocycles. The first kappa shape index (κ1) is 17.4. The fraction of sp³-hybridized carbons (Fsp3) is 0.824. The van der Waals surface area contributed by atoms with Crippen molar-refractivity contribution in [1.82, 2.24) is 25.0 Å². The average Bonchev–Trinajstić information content (AvgIpc) is 3.02. The molecule has 0 bridgehead atoms. The van der Waals surface area contributed by atoms with Crippen LogP contribution in [0.5, 0.6) is 0 Å². The van der Waals surface area contributed by atoms with E-state index >= 15 is 0 Å². The molecule has 134 valence electrons. The van der Waals surface area contributed by atoms with E-state index in [2.05, 4.69) is 27.3 Å². The highest BCUT2D eigenvalue weighted by Crippen LogP contribution is 2.25. The number of rotatable bonds is 4. The zero-order valence-corrected chi connectivity index (χ0v) is 14.9. The molecule has 1 aromatic heterocycles. The summed E-state index contributed by atoms with van der Waals surface area (Å²) in [5.41, 5.74) is 0. The van der Waals surface area contributed by atoms with Crippen LogP contribution in [0.1, 0.15) is 51.5 Å². The topological polar surface area (TPSA) is 72.3 Å². The minimum atomic E-state index is -0.154. The summed E-state index contributed by atoms with van der Waals surface area (Å²) in [4.78, 5) is 14.9. The maximum Gasteiger partial charge on any atom is 0.237 e. The Kier molecular flexibility index (Phi) is 5.50. The van der Waals surface area contributed by atoms with E-state index in [1.165, 1.54) is 19.3 Å². The normalized spacial score (nSPS) is 30.0. The van der Waals surface area contributed by atoms with Crippen molar-refractivity contribution in [2.75, 3.05) is 19.7 Å². The molecule has 0 radical (unpaired) electrons. The van der Waals surface area contributed by atoms with Gasteiger partial charge in [-0.15, -0.1) is 10.2 Å². The number of morpholine rings is 1. The lowest BCUT2D eigenvalue weighted by Gasteiger charge is -2.37. The van der Waals surface area contributed by atoms with Crippen molar-refractivity contribution in [3.8, 4) is 0 Å². The predicted molar refractivity (Wildman–Crippen MR) is 90.3 cm³/mol. The zero-order valence-electron chi connectivity index (χ0n) is 14.9. The first-order valence-electron chi connectivity index (χ1n) is 9.06. The third kappa shape index (κ3) is 3.78. The summed E-state index contributed by atoms with van der Waals surface area (Å²) in [5.74, 6) is 1.52. The van der Waals surface area contributed by atoms with Crippen molar-refractivity contribution in [2.45, 2.75) is 57.7 Å². The standard InChI is InChI=1S/C17H29N5O2/c1-12-6-4-5-7-14(12)19-17(23)13(2)22-8-9-24-15(10-22)16-20-18-11-21(16)3/h11-15H,4-10H2,1-3H3,(H,19,23)/t12-,13+,14+,15-/m1/s1. The Balaban J connectivity index is 1.58. The maximum atomic E-state index is 12.7. The third-order valence-corrected chi connectivity index (χ3v) is 5.50. The van der Waals surface area contributed by atoms with E-state index in [1.54, 1.807) is 6.33 Å². The van der Waals surface area contributed by atoms with E-state index in [1.807, 2.05) is 18.5 Å². The van der Waals surface area contributed by atoms with Gasteiger partial charge >= 0.3 is 0 Å². The molecular formula is C17H29N5O2. The number of amides is 1. The van der Waals surface area contributed by atoms with Crippen LogP contribution in [0.15, 0.2) is 6.33 Å². The van der Waals surface area contributed by atoms with Crippen LogP contribution in [0, 0.1) is 5.92 Å². The van der Waals surface area contributed by atoms with Gasteiger partial charge in [0.15, 0.2) is 5.82 Å². The van der Waals surface area contributed by atoms with Gasteiger partial charge in [0.1, 0.15) is 12.4 Å². The van der Waals surface area contributed by atoms with E-state index in [0.717, 1.165) is 18.8 Å². The summed E-state index contributed by atoms with van der Waals surface area (Å²) in [6.45, 7) is 6.27. The summed E-state index contributed by atoms with van der Waals surface area (Å²) < 4.78 is 7.71. The van der Waals surface area contributed by atoms with Crippen LogP contribution in [-0.2, 0) is 16.6 Å². The lowest BCUT2D eigenvalue weighted by atomic mass is 9.86. The van der Waals surface area contributed by atoms with Gasteiger partial charge in [-0.1, -0.05) is 19.8 Å². The summed E-state index contributed by atoms with van der Waals surface area (Å²) in [6.07, 6.45) is 6.37. The fourth-order valence-corrected chi connectivity index (χ4v) is 3.76. The van der Waals surface area contributed by atoms with Crippen LogP contribution in [0.3, 0.4) is 0 Å². The molecule has 2 fully saturated rings.